The minimum absolute atomic E-state index is 0.0495. The van der Waals surface area contributed by atoms with Crippen LogP contribution in [0, 0.1) is 0 Å². The summed E-state index contributed by atoms with van der Waals surface area (Å²) in [6.07, 6.45) is 3.39. The summed E-state index contributed by atoms with van der Waals surface area (Å²) < 4.78 is 5.32. The Kier molecular flexibility index (Phi) is 6.15. The Morgan fingerprint density at radius 1 is 1.42 bits per heavy atom. The molecule has 1 aromatic carbocycles. The first kappa shape index (κ1) is 14.8. The van der Waals surface area contributed by atoms with Gasteiger partial charge in [-0.25, -0.2) is 4.79 Å². The molecule has 2 N–H and O–H groups in total. The maximum absolute atomic E-state index is 11.3. The fourth-order valence-corrected chi connectivity index (χ4v) is 1.34. The number of aliphatic carboxylic acids is 1. The van der Waals surface area contributed by atoms with Crippen LogP contribution in [0.3, 0.4) is 0 Å². The minimum Gasteiger partial charge on any atom is -0.484 e. The van der Waals surface area contributed by atoms with Crippen LogP contribution in [-0.4, -0.2) is 30.1 Å². The second kappa shape index (κ2) is 7.92. The molecule has 0 bridgehead atoms. The summed E-state index contributed by atoms with van der Waals surface area (Å²) >= 11 is 0. The lowest BCUT2D eigenvalue weighted by molar-refractivity contribution is -0.131. The van der Waals surface area contributed by atoms with Crippen molar-refractivity contribution in [1.82, 2.24) is 5.32 Å². The van der Waals surface area contributed by atoms with Gasteiger partial charge in [-0.15, -0.1) is 0 Å². The van der Waals surface area contributed by atoms with Crippen LogP contribution in [0.2, 0.25) is 0 Å². The van der Waals surface area contributed by atoms with E-state index >= 15 is 0 Å². The third kappa shape index (κ3) is 6.26. The van der Waals surface area contributed by atoms with Crippen molar-refractivity contribution in [2.75, 3.05) is 13.2 Å². The first-order valence-electron chi connectivity index (χ1n) is 6.02. The van der Waals surface area contributed by atoms with Crippen LogP contribution >= 0.6 is 0 Å². The molecule has 0 aliphatic rings. The predicted octanol–water partition coefficient (Wildman–Crippen LogP) is 1.69. The maximum atomic E-state index is 11.3. The molecular formula is C14H17NO4. The summed E-state index contributed by atoms with van der Waals surface area (Å²) in [6.45, 7) is 2.55. The summed E-state index contributed by atoms with van der Waals surface area (Å²) in [5, 5.41) is 11.2. The highest BCUT2D eigenvalue weighted by Crippen LogP contribution is 2.14. The van der Waals surface area contributed by atoms with Crippen LogP contribution in [0.4, 0.5) is 0 Å². The zero-order valence-corrected chi connectivity index (χ0v) is 10.8. The molecule has 0 spiro atoms. The molecule has 1 amide bonds. The normalized spacial score (nSPS) is 10.4. The van der Waals surface area contributed by atoms with Gasteiger partial charge in [0, 0.05) is 12.6 Å². The number of hydrogen-bond donors (Lipinski definition) is 2. The second-order valence-electron chi connectivity index (χ2n) is 3.88. The van der Waals surface area contributed by atoms with Crippen LogP contribution in [0.25, 0.3) is 6.08 Å². The number of carbonyl (C=O) groups excluding carboxylic acids is 1. The van der Waals surface area contributed by atoms with Gasteiger partial charge in [0.1, 0.15) is 5.75 Å². The highest BCUT2D eigenvalue weighted by Gasteiger charge is 2.01. The van der Waals surface area contributed by atoms with Crippen molar-refractivity contribution < 1.29 is 19.4 Å². The van der Waals surface area contributed by atoms with Gasteiger partial charge in [0.15, 0.2) is 6.61 Å². The van der Waals surface area contributed by atoms with Gasteiger partial charge in [0.2, 0.25) is 0 Å². The van der Waals surface area contributed by atoms with Crippen LogP contribution in [0.15, 0.2) is 30.3 Å². The predicted molar refractivity (Wildman–Crippen MR) is 71.9 cm³/mol. The molecule has 0 radical (unpaired) electrons. The van der Waals surface area contributed by atoms with E-state index in [0.29, 0.717) is 17.9 Å². The zero-order chi connectivity index (χ0) is 14.1. The van der Waals surface area contributed by atoms with Crippen molar-refractivity contribution in [3.8, 4) is 5.75 Å². The van der Waals surface area contributed by atoms with Gasteiger partial charge in [0.25, 0.3) is 5.91 Å². The molecule has 102 valence electrons. The minimum atomic E-state index is -1.01. The van der Waals surface area contributed by atoms with Crippen molar-refractivity contribution in [3.63, 3.8) is 0 Å². The highest BCUT2D eigenvalue weighted by atomic mass is 16.5. The van der Waals surface area contributed by atoms with E-state index in [1.54, 1.807) is 24.3 Å². The molecule has 1 aromatic rings. The Hall–Kier alpha value is -2.30. The molecule has 0 aliphatic heterocycles. The quantitative estimate of drug-likeness (QED) is 0.734. The lowest BCUT2D eigenvalue weighted by atomic mass is 10.2. The fraction of sp³-hybridized carbons (Fsp3) is 0.286. The van der Waals surface area contributed by atoms with Crippen molar-refractivity contribution in [2.45, 2.75) is 13.3 Å². The van der Waals surface area contributed by atoms with Gasteiger partial charge in [-0.2, -0.15) is 0 Å². The van der Waals surface area contributed by atoms with Gasteiger partial charge in [0.05, 0.1) is 0 Å². The number of rotatable bonds is 7. The van der Waals surface area contributed by atoms with E-state index in [0.717, 1.165) is 12.5 Å². The Balaban J connectivity index is 2.52. The van der Waals surface area contributed by atoms with E-state index in [-0.39, 0.29) is 12.5 Å². The van der Waals surface area contributed by atoms with Crippen LogP contribution in [-0.2, 0) is 9.59 Å². The van der Waals surface area contributed by atoms with Crippen LogP contribution in [0.5, 0.6) is 5.75 Å². The Labute approximate surface area is 111 Å². The summed E-state index contributed by atoms with van der Waals surface area (Å²) in [5.41, 5.74) is 0.703. The molecule has 5 heteroatoms. The number of hydrogen-bond acceptors (Lipinski definition) is 3. The standard InChI is InChI=1S/C14H17NO4/c1-2-8-15-13(16)10-19-12-5-3-4-11(9-12)6-7-14(17)18/h3-7,9H,2,8,10H2,1H3,(H,15,16)(H,17,18)/b7-6+. The lowest BCUT2D eigenvalue weighted by Gasteiger charge is -2.07. The number of ether oxygens (including phenoxy) is 1. The van der Waals surface area contributed by atoms with Crippen LogP contribution < -0.4 is 10.1 Å². The highest BCUT2D eigenvalue weighted by molar-refractivity contribution is 5.85. The van der Waals surface area contributed by atoms with Gasteiger partial charge in [-0.05, 0) is 30.2 Å². The molecule has 0 heterocycles. The number of amides is 1. The van der Waals surface area contributed by atoms with E-state index in [2.05, 4.69) is 5.32 Å². The smallest absolute Gasteiger partial charge is 0.328 e. The van der Waals surface area contributed by atoms with E-state index in [9.17, 15) is 9.59 Å². The largest absolute Gasteiger partial charge is 0.484 e. The summed E-state index contributed by atoms with van der Waals surface area (Å²) in [6, 6.07) is 6.88. The lowest BCUT2D eigenvalue weighted by Crippen LogP contribution is -2.29. The second-order valence-corrected chi connectivity index (χ2v) is 3.88. The van der Waals surface area contributed by atoms with Crippen molar-refractivity contribution in [2.24, 2.45) is 0 Å². The van der Waals surface area contributed by atoms with E-state index in [1.807, 2.05) is 6.92 Å². The number of benzene rings is 1. The van der Waals surface area contributed by atoms with Gasteiger partial charge in [-0.3, -0.25) is 4.79 Å². The molecule has 0 fully saturated rings. The third-order valence-electron chi connectivity index (χ3n) is 2.22. The topological polar surface area (TPSA) is 75.6 Å². The molecule has 0 saturated heterocycles. The third-order valence-corrected chi connectivity index (χ3v) is 2.22. The summed E-state index contributed by atoms with van der Waals surface area (Å²) in [4.78, 5) is 21.7. The number of carboxylic acid groups (broad SMARTS) is 1. The average Bonchev–Trinajstić information content (AvgIpc) is 2.41. The number of carboxylic acids is 1. The first-order chi connectivity index (χ1) is 9.11. The van der Waals surface area contributed by atoms with Gasteiger partial charge >= 0.3 is 5.97 Å². The molecule has 0 aromatic heterocycles. The fourth-order valence-electron chi connectivity index (χ4n) is 1.34. The monoisotopic (exact) mass is 263 g/mol. The molecule has 0 atom stereocenters. The SMILES string of the molecule is CCCNC(=O)COc1cccc(/C=C/C(=O)O)c1. The first-order valence-corrected chi connectivity index (χ1v) is 6.02. The summed E-state index contributed by atoms with van der Waals surface area (Å²) in [5.74, 6) is -0.655. The molecule has 19 heavy (non-hydrogen) atoms. The van der Waals surface area contributed by atoms with Gasteiger partial charge < -0.3 is 15.2 Å². The molecule has 5 nitrogen and oxygen atoms in total. The Bertz CT molecular complexity index is 468. The van der Waals surface area contributed by atoms with E-state index in [4.69, 9.17) is 9.84 Å². The number of nitrogens with one attached hydrogen (secondary N) is 1. The van der Waals surface area contributed by atoms with Gasteiger partial charge in [-0.1, -0.05) is 19.1 Å². The Morgan fingerprint density at radius 2 is 2.21 bits per heavy atom. The molecule has 0 aliphatic carbocycles. The summed E-state index contributed by atoms with van der Waals surface area (Å²) in [7, 11) is 0. The molecular weight excluding hydrogens is 246 g/mol. The van der Waals surface area contributed by atoms with Crippen molar-refractivity contribution in [1.29, 1.82) is 0 Å². The van der Waals surface area contributed by atoms with Crippen molar-refractivity contribution in [3.05, 3.63) is 35.9 Å². The Morgan fingerprint density at radius 3 is 2.89 bits per heavy atom. The van der Waals surface area contributed by atoms with Crippen LogP contribution in [0.1, 0.15) is 18.9 Å². The molecule has 1 rings (SSSR count). The van der Waals surface area contributed by atoms with E-state index < -0.39 is 5.97 Å². The van der Waals surface area contributed by atoms with Crippen molar-refractivity contribution >= 4 is 18.0 Å². The zero-order valence-electron chi connectivity index (χ0n) is 10.8. The molecule has 0 saturated carbocycles. The average molecular weight is 263 g/mol. The molecule has 0 unspecified atom stereocenters. The number of carbonyl (C=O) groups is 2. The van der Waals surface area contributed by atoms with E-state index in [1.165, 1.54) is 6.08 Å². The maximum Gasteiger partial charge on any atom is 0.328 e.